The van der Waals surface area contributed by atoms with Crippen molar-refractivity contribution in [3.8, 4) is 0 Å². The Labute approximate surface area is 258 Å². The largest absolute Gasteiger partial charge is 0.375 e. The summed E-state index contributed by atoms with van der Waals surface area (Å²) in [5.74, 6) is -0.701. The number of hydrogen-bond acceptors (Lipinski definition) is 7. The van der Waals surface area contributed by atoms with Gasteiger partial charge in [-0.05, 0) is 41.3 Å². The van der Waals surface area contributed by atoms with E-state index < -0.39 is 12.2 Å². The summed E-state index contributed by atoms with van der Waals surface area (Å²) in [7, 11) is 0. The summed E-state index contributed by atoms with van der Waals surface area (Å²) in [6.07, 6.45) is 0.465. The van der Waals surface area contributed by atoms with Crippen molar-refractivity contribution in [3.63, 3.8) is 0 Å². The van der Waals surface area contributed by atoms with E-state index in [1.165, 1.54) is 23.5 Å². The van der Waals surface area contributed by atoms with Gasteiger partial charge in [0, 0.05) is 26.1 Å². The van der Waals surface area contributed by atoms with Crippen LogP contribution >= 0.6 is 11.3 Å². The molecule has 2 saturated heterocycles. The molecule has 44 heavy (non-hydrogen) atoms. The number of halogens is 1. The van der Waals surface area contributed by atoms with E-state index in [4.69, 9.17) is 5.73 Å². The highest BCUT2D eigenvalue weighted by Crippen LogP contribution is 2.32. The average Bonchev–Trinajstić information content (AvgIpc) is 3.57. The van der Waals surface area contributed by atoms with Crippen molar-refractivity contribution in [2.45, 2.75) is 45.1 Å². The van der Waals surface area contributed by atoms with Crippen molar-refractivity contribution in [1.82, 2.24) is 30.1 Å². The lowest BCUT2D eigenvalue weighted by Crippen LogP contribution is -2.66. The predicted molar refractivity (Wildman–Crippen MR) is 166 cm³/mol. The lowest BCUT2D eigenvalue weighted by Gasteiger charge is -2.46. The minimum Gasteiger partial charge on any atom is -0.375 e. The molecular weight excluding hydrogens is 581 g/mol. The predicted octanol–water partition coefficient (Wildman–Crippen LogP) is 3.98. The first kappa shape index (κ1) is 29.5. The van der Waals surface area contributed by atoms with Crippen LogP contribution in [0.25, 0.3) is 10.2 Å². The van der Waals surface area contributed by atoms with Gasteiger partial charge in [-0.25, -0.2) is 14.2 Å². The number of hydrazine groups is 1. The first-order valence-corrected chi connectivity index (χ1v) is 15.5. The SMILES string of the molecule is CCCN(C(=O)NCc1ccc(F)cc1)N1CC(=O)N2[C@@H](Cc3ccccc3)C(=O)N(Cc3cccc4sc(N)nc34)C[C@@H]21. The topological polar surface area (TPSA) is 115 Å². The maximum atomic E-state index is 14.1. The number of hydrogen-bond donors (Lipinski definition) is 2. The molecular formula is C32H34FN7O3S. The highest BCUT2D eigenvalue weighted by Gasteiger charge is 2.52. The number of thiazole rings is 1. The number of nitrogens with one attached hydrogen (secondary N) is 1. The van der Waals surface area contributed by atoms with Crippen LogP contribution in [-0.4, -0.2) is 74.5 Å². The number of nitrogens with zero attached hydrogens (tertiary/aromatic N) is 5. The molecule has 228 valence electrons. The van der Waals surface area contributed by atoms with Crippen molar-refractivity contribution in [3.05, 3.63) is 95.3 Å². The highest BCUT2D eigenvalue weighted by atomic mass is 32.1. The maximum absolute atomic E-state index is 14.1. The quantitative estimate of drug-likeness (QED) is 0.295. The third kappa shape index (κ3) is 5.95. The molecule has 1 aromatic heterocycles. The third-order valence-electron chi connectivity index (χ3n) is 8.06. The second-order valence-electron chi connectivity index (χ2n) is 11.0. The smallest absolute Gasteiger partial charge is 0.332 e. The fraction of sp³-hybridized carbons (Fsp3) is 0.312. The minimum absolute atomic E-state index is 0.0285. The van der Waals surface area contributed by atoms with Crippen LogP contribution in [0, 0.1) is 5.82 Å². The Morgan fingerprint density at radius 1 is 1.07 bits per heavy atom. The van der Waals surface area contributed by atoms with Crippen molar-refractivity contribution in [2.24, 2.45) is 0 Å². The molecule has 2 atom stereocenters. The minimum atomic E-state index is -0.737. The molecule has 0 bridgehead atoms. The summed E-state index contributed by atoms with van der Waals surface area (Å²) in [6.45, 7) is 3.03. The van der Waals surface area contributed by atoms with Gasteiger partial charge in [0.1, 0.15) is 18.0 Å². The Balaban J connectivity index is 1.30. The summed E-state index contributed by atoms with van der Waals surface area (Å²) >= 11 is 1.40. The molecule has 3 N–H and O–H groups in total. The summed E-state index contributed by atoms with van der Waals surface area (Å²) in [5, 5.41) is 6.73. The zero-order valence-electron chi connectivity index (χ0n) is 24.4. The number of carbonyl (C=O) groups excluding carboxylic acids is 3. The highest BCUT2D eigenvalue weighted by molar-refractivity contribution is 7.22. The molecule has 2 aliphatic rings. The van der Waals surface area contributed by atoms with E-state index in [1.54, 1.807) is 32.0 Å². The van der Waals surface area contributed by atoms with E-state index in [0.717, 1.165) is 26.9 Å². The number of aromatic nitrogens is 1. The molecule has 4 aromatic rings. The number of fused-ring (bicyclic) bond motifs is 2. The summed E-state index contributed by atoms with van der Waals surface area (Å²) in [6, 6.07) is 20.3. The van der Waals surface area contributed by atoms with Gasteiger partial charge >= 0.3 is 6.03 Å². The first-order chi connectivity index (χ1) is 21.3. The molecule has 0 spiro atoms. The first-order valence-electron chi connectivity index (χ1n) is 14.7. The van der Waals surface area contributed by atoms with Gasteiger partial charge in [-0.3, -0.25) is 14.6 Å². The van der Waals surface area contributed by atoms with Crippen LogP contribution in [0.5, 0.6) is 0 Å². The number of amides is 4. The van der Waals surface area contributed by atoms with Gasteiger partial charge < -0.3 is 20.9 Å². The lowest BCUT2D eigenvalue weighted by molar-refractivity contribution is -0.157. The number of urea groups is 1. The van der Waals surface area contributed by atoms with E-state index in [9.17, 15) is 18.8 Å². The molecule has 0 unspecified atom stereocenters. The van der Waals surface area contributed by atoms with Crippen LogP contribution in [0.2, 0.25) is 0 Å². The Morgan fingerprint density at radius 3 is 2.59 bits per heavy atom. The van der Waals surface area contributed by atoms with Gasteiger partial charge in [-0.2, -0.15) is 5.01 Å². The van der Waals surface area contributed by atoms with E-state index in [-0.39, 0.29) is 43.3 Å². The van der Waals surface area contributed by atoms with Gasteiger partial charge in [0.2, 0.25) is 11.8 Å². The molecule has 0 saturated carbocycles. The summed E-state index contributed by atoms with van der Waals surface area (Å²) < 4.78 is 14.3. The fourth-order valence-corrected chi connectivity index (χ4v) is 6.80. The Hall–Kier alpha value is -4.55. The van der Waals surface area contributed by atoms with Gasteiger partial charge in [0.15, 0.2) is 5.13 Å². The normalized spacial score (nSPS) is 18.6. The molecule has 0 radical (unpaired) electrons. The van der Waals surface area contributed by atoms with E-state index >= 15 is 0 Å². The summed E-state index contributed by atoms with van der Waals surface area (Å²) in [5.41, 5.74) is 9.33. The molecule has 2 fully saturated rings. The van der Waals surface area contributed by atoms with Crippen LogP contribution in [-0.2, 0) is 29.1 Å². The standard InChI is InChI=1S/C32H34FN7O3S/c1-2-15-38(32(43)35-17-22-11-13-24(33)14-12-22)39-20-28(41)40-25(16-21-7-4-3-5-8-21)30(42)37(19-27(39)40)18-23-9-6-10-26-29(23)36-31(34)44-26/h3-14,25,27H,2,15-20H2,1H3,(H2,34,36)(H,35,43)/t25-,27+/m0/s1. The van der Waals surface area contributed by atoms with E-state index in [0.29, 0.717) is 31.1 Å². The summed E-state index contributed by atoms with van der Waals surface area (Å²) in [4.78, 5) is 49.3. The Bertz CT molecular complexity index is 1670. The van der Waals surface area contributed by atoms with Crippen molar-refractivity contribution in [2.75, 3.05) is 25.4 Å². The van der Waals surface area contributed by atoms with Gasteiger partial charge in [-0.15, -0.1) is 0 Å². The lowest BCUT2D eigenvalue weighted by atomic mass is 10.00. The van der Waals surface area contributed by atoms with Gasteiger partial charge in [0.05, 0.1) is 23.3 Å². The molecule has 3 aromatic carbocycles. The number of carbonyl (C=O) groups is 3. The van der Waals surface area contributed by atoms with Crippen LogP contribution in [0.4, 0.5) is 14.3 Å². The molecule has 3 heterocycles. The molecule has 2 aliphatic heterocycles. The van der Waals surface area contributed by atoms with Crippen LogP contribution in [0.1, 0.15) is 30.0 Å². The second kappa shape index (κ2) is 12.6. The zero-order chi connectivity index (χ0) is 30.8. The number of rotatable bonds is 9. The number of nitrogens with two attached hydrogens (primary N) is 1. The Morgan fingerprint density at radius 2 is 1.84 bits per heavy atom. The molecule has 4 amide bonds. The third-order valence-corrected chi connectivity index (χ3v) is 8.91. The van der Waals surface area contributed by atoms with Crippen LogP contribution in [0.3, 0.4) is 0 Å². The Kier molecular flexibility index (Phi) is 8.45. The van der Waals surface area contributed by atoms with Gasteiger partial charge in [-0.1, -0.05) is 72.9 Å². The maximum Gasteiger partial charge on any atom is 0.332 e. The monoisotopic (exact) mass is 615 g/mol. The molecule has 12 heteroatoms. The van der Waals surface area contributed by atoms with Gasteiger partial charge in [0.25, 0.3) is 0 Å². The molecule has 10 nitrogen and oxygen atoms in total. The van der Waals surface area contributed by atoms with Crippen LogP contribution in [0.15, 0.2) is 72.8 Å². The second-order valence-corrected chi connectivity index (χ2v) is 12.1. The number of piperazine rings is 1. The van der Waals surface area contributed by atoms with E-state index in [2.05, 4.69) is 10.3 Å². The molecule has 0 aliphatic carbocycles. The van der Waals surface area contributed by atoms with E-state index in [1.807, 2.05) is 55.5 Å². The fourth-order valence-electron chi connectivity index (χ4n) is 6.01. The number of anilines is 1. The number of benzene rings is 3. The molecule has 6 rings (SSSR count). The number of para-hydroxylation sites is 1. The van der Waals surface area contributed by atoms with Crippen molar-refractivity contribution in [1.29, 1.82) is 0 Å². The average molecular weight is 616 g/mol. The van der Waals surface area contributed by atoms with Crippen molar-refractivity contribution >= 4 is 44.5 Å². The van der Waals surface area contributed by atoms with Crippen molar-refractivity contribution < 1.29 is 18.8 Å². The van der Waals surface area contributed by atoms with Crippen LogP contribution < -0.4 is 11.1 Å². The number of nitrogen functional groups attached to an aromatic ring is 1. The zero-order valence-corrected chi connectivity index (χ0v) is 25.2.